The molecule has 1 N–H and O–H groups in total. The van der Waals surface area contributed by atoms with Crippen LogP contribution in [0.4, 0.5) is 26.3 Å². The van der Waals surface area contributed by atoms with Crippen LogP contribution in [-0.2, 0) is 22.2 Å². The Bertz CT molecular complexity index is 1090. The third kappa shape index (κ3) is 5.40. The van der Waals surface area contributed by atoms with Crippen molar-refractivity contribution in [2.24, 2.45) is 0 Å². The molecule has 5 nitrogen and oxygen atoms in total. The van der Waals surface area contributed by atoms with Crippen molar-refractivity contribution >= 4 is 15.7 Å². The van der Waals surface area contributed by atoms with Crippen LogP contribution in [0, 0.1) is 0 Å². The average Bonchev–Trinajstić information content (AvgIpc) is 2.73. The molecule has 12 heteroatoms. The highest BCUT2D eigenvalue weighted by Gasteiger charge is 2.36. The smallest absolute Gasteiger partial charge is 0.349 e. The van der Waals surface area contributed by atoms with E-state index < -0.39 is 55.4 Å². The van der Waals surface area contributed by atoms with Crippen molar-refractivity contribution in [3.63, 3.8) is 0 Å². The molecule has 1 amide bonds. The molecule has 1 aliphatic carbocycles. The largest absolute Gasteiger partial charge is 0.417 e. The number of benzene rings is 1. The van der Waals surface area contributed by atoms with Crippen LogP contribution in [0.3, 0.4) is 0 Å². The Morgan fingerprint density at radius 3 is 2.12 bits per heavy atom. The number of alkyl halides is 6. The number of hydrogen-bond acceptors (Lipinski definition) is 4. The maximum absolute atomic E-state index is 12.9. The zero-order chi connectivity index (χ0) is 23.7. The van der Waals surface area contributed by atoms with Crippen molar-refractivity contribution in [1.82, 2.24) is 10.3 Å². The van der Waals surface area contributed by atoms with Crippen molar-refractivity contribution in [2.45, 2.75) is 54.2 Å². The molecule has 1 aliphatic rings. The van der Waals surface area contributed by atoms with Crippen molar-refractivity contribution < 1.29 is 39.6 Å². The third-order valence-electron chi connectivity index (χ3n) is 5.27. The topological polar surface area (TPSA) is 76.1 Å². The Balaban J connectivity index is 1.65. The van der Waals surface area contributed by atoms with E-state index in [0.29, 0.717) is 18.3 Å². The van der Waals surface area contributed by atoms with Gasteiger partial charge in [0.05, 0.1) is 26.8 Å². The molecule has 32 heavy (non-hydrogen) atoms. The van der Waals surface area contributed by atoms with Crippen LogP contribution in [-0.4, -0.2) is 30.6 Å². The third-order valence-corrected chi connectivity index (χ3v) is 7.53. The Morgan fingerprint density at radius 1 is 0.906 bits per heavy atom. The van der Waals surface area contributed by atoms with E-state index in [1.54, 1.807) is 0 Å². The molecule has 0 unspecified atom stereocenters. The van der Waals surface area contributed by atoms with Gasteiger partial charge in [-0.1, -0.05) is 6.07 Å². The quantitative estimate of drug-likeness (QED) is 0.648. The lowest BCUT2D eigenvalue weighted by Gasteiger charge is -2.29. The highest BCUT2D eigenvalue weighted by Crippen LogP contribution is 2.34. The lowest BCUT2D eigenvalue weighted by Crippen LogP contribution is -2.40. The van der Waals surface area contributed by atoms with Crippen molar-refractivity contribution in [3.05, 3.63) is 59.4 Å². The molecule has 0 atom stereocenters. The van der Waals surface area contributed by atoms with Crippen LogP contribution in [0.25, 0.3) is 0 Å². The van der Waals surface area contributed by atoms with Crippen LogP contribution in [0.1, 0.15) is 47.2 Å². The zero-order valence-electron chi connectivity index (χ0n) is 16.4. The van der Waals surface area contributed by atoms with Gasteiger partial charge in [-0.3, -0.25) is 9.78 Å². The number of hydrogen-bond donors (Lipinski definition) is 1. The number of sulfone groups is 1. The summed E-state index contributed by atoms with van der Waals surface area (Å²) >= 11 is 0. The summed E-state index contributed by atoms with van der Waals surface area (Å²) in [5.41, 5.74) is -2.41. The van der Waals surface area contributed by atoms with Gasteiger partial charge in [-0.05, 0) is 49.9 Å². The van der Waals surface area contributed by atoms with Gasteiger partial charge in [-0.25, -0.2) is 8.42 Å². The first-order valence-electron chi connectivity index (χ1n) is 9.53. The summed E-state index contributed by atoms with van der Waals surface area (Å²) in [7, 11) is -4.02. The summed E-state index contributed by atoms with van der Waals surface area (Å²) in [6.07, 6.45) is -7.14. The number of nitrogens with zero attached hydrogens (tertiary/aromatic N) is 1. The van der Waals surface area contributed by atoms with Gasteiger partial charge in [0.15, 0.2) is 9.84 Å². The predicted molar refractivity (Wildman–Crippen MR) is 101 cm³/mol. The van der Waals surface area contributed by atoms with Crippen LogP contribution >= 0.6 is 0 Å². The molecule has 1 fully saturated rings. The molecule has 1 heterocycles. The number of aromatic nitrogens is 1. The summed E-state index contributed by atoms with van der Waals surface area (Å²) < 4.78 is 103. The minimum atomic E-state index is -4.67. The molecule has 174 valence electrons. The SMILES string of the molecule is O=C(NC1CCC(S(=O)(=O)c2cccc(C(F)(F)F)c2)CC1)c1cncc(C(F)(F)F)c1. The van der Waals surface area contributed by atoms with E-state index in [4.69, 9.17) is 0 Å². The first-order chi connectivity index (χ1) is 14.8. The van der Waals surface area contributed by atoms with Gasteiger partial charge in [0.1, 0.15) is 0 Å². The number of halogens is 6. The molecule has 2 aromatic rings. The molecular weight excluding hydrogens is 462 g/mol. The minimum Gasteiger partial charge on any atom is -0.349 e. The Morgan fingerprint density at radius 2 is 1.53 bits per heavy atom. The van der Waals surface area contributed by atoms with E-state index in [-0.39, 0.29) is 31.2 Å². The van der Waals surface area contributed by atoms with Crippen LogP contribution in [0.15, 0.2) is 47.6 Å². The molecule has 0 saturated heterocycles. The average molecular weight is 480 g/mol. The Kier molecular flexibility index (Phi) is 6.55. The second-order valence-corrected chi connectivity index (χ2v) is 9.71. The molecule has 1 saturated carbocycles. The summed E-state index contributed by atoms with van der Waals surface area (Å²) in [4.78, 5) is 15.3. The van der Waals surface area contributed by atoms with Gasteiger partial charge < -0.3 is 5.32 Å². The molecule has 0 spiro atoms. The molecule has 1 aromatic heterocycles. The van der Waals surface area contributed by atoms with Gasteiger partial charge in [-0.15, -0.1) is 0 Å². The van der Waals surface area contributed by atoms with Crippen LogP contribution in [0.5, 0.6) is 0 Å². The van der Waals surface area contributed by atoms with Crippen LogP contribution < -0.4 is 5.32 Å². The van der Waals surface area contributed by atoms with E-state index in [1.165, 1.54) is 0 Å². The fourth-order valence-corrected chi connectivity index (χ4v) is 5.38. The first-order valence-corrected chi connectivity index (χ1v) is 11.1. The van der Waals surface area contributed by atoms with Crippen molar-refractivity contribution in [3.8, 4) is 0 Å². The standard InChI is InChI=1S/C20H18F6N2O3S/c21-19(22,23)13-2-1-3-17(9-13)32(30,31)16-6-4-15(5-7-16)28-18(29)12-8-14(11-27-10-12)20(24,25)26/h1-3,8-11,15-16H,4-7H2,(H,28,29). The normalized spacial score (nSPS) is 20.1. The van der Waals surface area contributed by atoms with Crippen LogP contribution in [0.2, 0.25) is 0 Å². The van der Waals surface area contributed by atoms with Crippen molar-refractivity contribution in [1.29, 1.82) is 0 Å². The van der Waals surface area contributed by atoms with Gasteiger partial charge >= 0.3 is 12.4 Å². The number of pyridine rings is 1. The summed E-state index contributed by atoms with van der Waals surface area (Å²) in [5, 5.41) is 1.64. The summed E-state index contributed by atoms with van der Waals surface area (Å²) in [5.74, 6) is -0.771. The summed E-state index contributed by atoms with van der Waals surface area (Å²) in [6, 6.07) is 3.72. The van der Waals surface area contributed by atoms with Gasteiger partial charge in [0.25, 0.3) is 5.91 Å². The van der Waals surface area contributed by atoms with Gasteiger partial charge in [0.2, 0.25) is 0 Å². The monoisotopic (exact) mass is 480 g/mol. The number of carbonyl (C=O) groups excluding carboxylic acids is 1. The lowest BCUT2D eigenvalue weighted by atomic mass is 9.94. The second-order valence-electron chi connectivity index (χ2n) is 7.48. The first kappa shape index (κ1) is 24.0. The van der Waals surface area contributed by atoms with E-state index in [1.807, 2.05) is 0 Å². The Hall–Kier alpha value is -2.63. The lowest BCUT2D eigenvalue weighted by molar-refractivity contribution is -0.138. The molecule has 1 aromatic carbocycles. The molecular formula is C20H18F6N2O3S. The van der Waals surface area contributed by atoms with E-state index >= 15 is 0 Å². The van der Waals surface area contributed by atoms with E-state index in [2.05, 4.69) is 10.3 Å². The highest BCUT2D eigenvalue weighted by molar-refractivity contribution is 7.92. The maximum atomic E-state index is 12.9. The van der Waals surface area contributed by atoms with E-state index in [9.17, 15) is 39.6 Å². The fourth-order valence-electron chi connectivity index (χ4n) is 3.55. The molecule has 0 bridgehead atoms. The second kappa shape index (κ2) is 8.72. The minimum absolute atomic E-state index is 0.0877. The summed E-state index contributed by atoms with van der Waals surface area (Å²) in [6.45, 7) is 0. The maximum Gasteiger partial charge on any atom is 0.417 e. The number of carbonyl (C=O) groups is 1. The van der Waals surface area contributed by atoms with E-state index in [0.717, 1.165) is 24.4 Å². The number of rotatable bonds is 4. The number of amides is 1. The fraction of sp³-hybridized carbons (Fsp3) is 0.400. The molecule has 3 rings (SSSR count). The number of nitrogens with one attached hydrogen (secondary N) is 1. The van der Waals surface area contributed by atoms with Gasteiger partial charge in [0, 0.05) is 18.4 Å². The molecule has 0 aliphatic heterocycles. The predicted octanol–water partition coefficient (Wildman–Crippen LogP) is 4.63. The van der Waals surface area contributed by atoms with Crippen molar-refractivity contribution in [2.75, 3.05) is 0 Å². The Labute approximate surface area is 179 Å². The zero-order valence-corrected chi connectivity index (χ0v) is 17.2. The highest BCUT2D eigenvalue weighted by atomic mass is 32.2. The van der Waals surface area contributed by atoms with Gasteiger partial charge in [-0.2, -0.15) is 26.3 Å². The molecule has 0 radical (unpaired) electrons.